The number of rotatable bonds is 4. The number of hydrogen-bond acceptors (Lipinski definition) is 5. The van der Waals surface area contributed by atoms with Gasteiger partial charge in [-0.15, -0.1) is 0 Å². The number of Topliss-reactive ketones (excluding diaryl/α,β-unsaturated/α-hetero) is 2. The molecule has 1 fully saturated rings. The van der Waals surface area contributed by atoms with Crippen LogP contribution in [0, 0.1) is 25.9 Å². The van der Waals surface area contributed by atoms with Crippen LogP contribution < -0.4 is 10.6 Å². The molecule has 0 amide bonds. The van der Waals surface area contributed by atoms with E-state index in [-0.39, 0.29) is 45.3 Å². The molecule has 5 nitrogen and oxygen atoms in total. The van der Waals surface area contributed by atoms with E-state index >= 15 is 0 Å². The van der Waals surface area contributed by atoms with Gasteiger partial charge in [0.25, 0.3) is 0 Å². The number of nitrogens with one attached hydrogen (secondary N) is 2. The molecule has 2 atom stereocenters. The number of nitrogens with zero attached hydrogens (tertiary/aromatic N) is 1. The van der Waals surface area contributed by atoms with Crippen LogP contribution in [0.5, 0.6) is 0 Å². The van der Waals surface area contributed by atoms with Crippen LogP contribution in [0.2, 0.25) is 0 Å². The summed E-state index contributed by atoms with van der Waals surface area (Å²) in [5, 5.41) is 7.25. The predicted octanol–water partition coefficient (Wildman–Crippen LogP) is 8.31. The second-order valence-corrected chi connectivity index (χ2v) is 16.0. The van der Waals surface area contributed by atoms with E-state index in [0.717, 1.165) is 48.0 Å². The van der Waals surface area contributed by atoms with Crippen molar-refractivity contribution in [1.82, 2.24) is 10.6 Å². The topological polar surface area (TPSA) is 82.0 Å². The summed E-state index contributed by atoms with van der Waals surface area (Å²) >= 11 is 1.94. The predicted molar refractivity (Wildman–Crippen MR) is 170 cm³/mol. The fourth-order valence-electron chi connectivity index (χ4n) is 5.42. The molecule has 1 saturated carbocycles. The Morgan fingerprint density at radius 3 is 1.17 bits per heavy atom. The first-order chi connectivity index (χ1) is 19.2. The van der Waals surface area contributed by atoms with E-state index < -0.39 is 0 Å². The zero-order chi connectivity index (χ0) is 32.3. The van der Waals surface area contributed by atoms with Crippen molar-refractivity contribution < 1.29 is 25.2 Å². The van der Waals surface area contributed by atoms with Crippen molar-refractivity contribution in [2.75, 3.05) is 0 Å². The number of allylic oxidation sites excluding steroid dienone is 10. The van der Waals surface area contributed by atoms with E-state index in [2.05, 4.69) is 118 Å². The maximum absolute atomic E-state index is 13.5. The fraction of sp³-hybridized carbons (Fsp3) is 0.611. The summed E-state index contributed by atoms with van der Waals surface area (Å²) in [6.45, 7) is 25.8. The van der Waals surface area contributed by atoms with Gasteiger partial charge in [0.2, 0.25) is 0 Å². The molecule has 0 bridgehead atoms. The average molecular weight is 616 g/mol. The van der Waals surface area contributed by atoms with Crippen LogP contribution in [0.25, 0.3) is 0 Å². The molecule has 0 unspecified atom stereocenters. The Bertz CT molecular complexity index is 1160. The Morgan fingerprint density at radius 1 is 0.595 bits per heavy atom. The summed E-state index contributed by atoms with van der Waals surface area (Å²) in [6.07, 6.45) is 16.5. The van der Waals surface area contributed by atoms with Crippen LogP contribution in [-0.4, -0.2) is 23.7 Å². The number of ketones is 2. The van der Waals surface area contributed by atoms with Crippen molar-refractivity contribution >= 4 is 11.6 Å². The third-order valence-corrected chi connectivity index (χ3v) is 8.26. The minimum atomic E-state index is -0.228. The molecule has 0 spiro atoms. The molecule has 232 valence electrons. The summed E-state index contributed by atoms with van der Waals surface area (Å²) in [5.74, 6) is 0.203. The van der Waals surface area contributed by atoms with Gasteiger partial charge in [-0.1, -0.05) is 108 Å². The molecular formula is C36H54MnN3O2. The molecule has 2 N–H and O–H groups in total. The Kier molecular flexibility index (Phi) is 11.5. The Morgan fingerprint density at radius 2 is 0.905 bits per heavy atom. The fourth-order valence-corrected chi connectivity index (χ4v) is 5.42. The van der Waals surface area contributed by atoms with Crippen molar-refractivity contribution in [2.24, 2.45) is 21.7 Å². The Labute approximate surface area is 263 Å². The maximum atomic E-state index is 13.5. The Balaban J connectivity index is 0.00000301. The van der Waals surface area contributed by atoms with E-state index in [4.69, 9.17) is 4.20 Å². The van der Waals surface area contributed by atoms with Crippen molar-refractivity contribution in [3.63, 3.8) is 0 Å². The molecular weight excluding hydrogens is 561 g/mol. The average Bonchev–Trinajstić information content (AvgIpc) is 2.86. The van der Waals surface area contributed by atoms with Crippen molar-refractivity contribution in [2.45, 2.75) is 121 Å². The van der Waals surface area contributed by atoms with Crippen molar-refractivity contribution in [3.05, 3.63) is 70.1 Å². The van der Waals surface area contributed by atoms with Gasteiger partial charge in [-0.2, -0.15) is 0 Å². The van der Waals surface area contributed by atoms with Crippen LogP contribution >= 0.6 is 0 Å². The molecule has 0 saturated heterocycles. The van der Waals surface area contributed by atoms with Gasteiger partial charge in [-0.25, -0.2) is 0 Å². The molecule has 42 heavy (non-hydrogen) atoms. The molecule has 3 aliphatic carbocycles. The summed E-state index contributed by atoms with van der Waals surface area (Å²) in [4.78, 5) is 27.0. The number of hydrogen-bond donors (Lipinski definition) is 2. The standard InChI is InChI=1S/C36H54N2O2.Mn.N/c1-33(2,3)25-17-23(31(39)27(19-25)35(7,8)9)21-37-29-15-13-14-16-30(29)38-22-24-18-26(34(4,5)6)20-28(32(24)40)36(10,11)12;;/h17-22,29-30,37-38H,13-16H2,1-12H3;;/b23-21-,24-22-;;/t29-,30-;;/m1../s1. The molecule has 0 heterocycles. The van der Waals surface area contributed by atoms with Gasteiger partial charge < -0.3 is 10.6 Å². The van der Waals surface area contributed by atoms with Gasteiger partial charge >= 0.3 is 19.8 Å². The van der Waals surface area contributed by atoms with E-state index in [1.807, 2.05) is 28.0 Å². The SMILES string of the molecule is CC(C)(C)C1=C/C(=C/N[C@@H]2CCCC[C@H]2N/C=C2/C=C(C(C)(C)C)C=C(C(C)(C)C)C2=O)C(=O)C(C(C)(C)C)=C1.[N]#[Mn]. The summed E-state index contributed by atoms with van der Waals surface area (Å²) < 4.78 is 6.81. The second kappa shape index (κ2) is 13.5. The van der Waals surface area contributed by atoms with E-state index in [9.17, 15) is 9.59 Å². The van der Waals surface area contributed by atoms with Crippen LogP contribution in [0.3, 0.4) is 0 Å². The molecule has 3 aliphatic rings. The quantitative estimate of drug-likeness (QED) is 0.246. The normalized spacial score (nSPS) is 24.3. The van der Waals surface area contributed by atoms with Crippen molar-refractivity contribution in [3.8, 4) is 0 Å². The van der Waals surface area contributed by atoms with E-state index in [1.165, 1.54) is 11.1 Å². The second-order valence-electron chi connectivity index (χ2n) is 16.0. The number of carbonyl (C=O) groups is 2. The zero-order valence-corrected chi connectivity index (χ0v) is 29.3. The molecule has 6 heteroatoms. The van der Waals surface area contributed by atoms with Crippen LogP contribution in [0.1, 0.15) is 109 Å². The number of carbonyl (C=O) groups excluding carboxylic acids is 2. The van der Waals surface area contributed by atoms with E-state index in [1.54, 1.807) is 0 Å². The molecule has 0 radical (unpaired) electrons. The van der Waals surface area contributed by atoms with Gasteiger partial charge in [0.1, 0.15) is 0 Å². The Hall–Kier alpha value is -2.39. The van der Waals surface area contributed by atoms with Gasteiger partial charge in [0, 0.05) is 46.8 Å². The third-order valence-electron chi connectivity index (χ3n) is 8.26. The summed E-state index contributed by atoms with van der Waals surface area (Å²) in [6, 6.07) is 0.340. The van der Waals surface area contributed by atoms with Crippen LogP contribution in [0.15, 0.2) is 70.1 Å². The van der Waals surface area contributed by atoms with Crippen molar-refractivity contribution in [1.29, 1.82) is 4.20 Å². The van der Waals surface area contributed by atoms with Crippen LogP contribution in [-0.2, 0) is 25.2 Å². The first-order valence-corrected chi connectivity index (χ1v) is 15.8. The molecule has 0 aromatic heterocycles. The molecule has 0 aromatic carbocycles. The first kappa shape index (κ1) is 35.8. The molecule has 3 rings (SSSR count). The summed E-state index contributed by atoms with van der Waals surface area (Å²) in [7, 11) is 0. The van der Waals surface area contributed by atoms with Gasteiger partial charge in [0.15, 0.2) is 11.6 Å². The zero-order valence-electron chi connectivity index (χ0n) is 28.1. The monoisotopic (exact) mass is 615 g/mol. The van der Waals surface area contributed by atoms with Gasteiger partial charge in [-0.05, 0) is 57.8 Å². The molecule has 0 aliphatic heterocycles. The van der Waals surface area contributed by atoms with Gasteiger partial charge in [-0.3, -0.25) is 9.59 Å². The van der Waals surface area contributed by atoms with Gasteiger partial charge in [0.05, 0.1) is 0 Å². The first-order valence-electron chi connectivity index (χ1n) is 15.3. The van der Waals surface area contributed by atoms with Crippen LogP contribution in [0.4, 0.5) is 0 Å². The third kappa shape index (κ3) is 9.06. The minimum absolute atomic E-state index is 0.0519. The van der Waals surface area contributed by atoms with E-state index in [0.29, 0.717) is 0 Å². The summed E-state index contributed by atoms with van der Waals surface area (Å²) in [5.41, 5.74) is 4.95. The molecule has 0 aromatic rings.